The molecule has 1 aliphatic rings. The molecule has 2 aromatic rings. The summed E-state index contributed by atoms with van der Waals surface area (Å²) < 4.78 is 6.08. The first-order valence-electron chi connectivity index (χ1n) is 9.77. The number of carboxylic acid groups (broad SMARTS) is 1. The first-order chi connectivity index (χ1) is 12.6. The van der Waals surface area contributed by atoms with E-state index in [1.165, 1.54) is 17.5 Å². The van der Waals surface area contributed by atoms with Gasteiger partial charge in [0, 0.05) is 0 Å². The molecule has 3 rings (SSSR count). The lowest BCUT2D eigenvalue weighted by atomic mass is 9.63. The predicted octanol–water partition coefficient (Wildman–Crippen LogP) is 6.86. The van der Waals surface area contributed by atoms with Gasteiger partial charge in [-0.15, -0.1) is 0 Å². The maximum atomic E-state index is 11.0. The molecule has 0 spiro atoms. The van der Waals surface area contributed by atoms with Gasteiger partial charge in [-0.2, -0.15) is 0 Å². The Balaban J connectivity index is 0.00000126. The molecule has 0 aromatic heterocycles. The minimum absolute atomic E-state index is 0.129. The Hall–Kier alpha value is -2.29. The summed E-state index contributed by atoms with van der Waals surface area (Å²) in [6, 6.07) is 11.0. The normalized spacial score (nSPS) is 16.6. The lowest BCUT2D eigenvalue weighted by Gasteiger charge is -2.42. The Morgan fingerprint density at radius 2 is 1.41 bits per heavy atom. The van der Waals surface area contributed by atoms with Gasteiger partial charge in [-0.1, -0.05) is 47.6 Å². The van der Waals surface area contributed by atoms with Gasteiger partial charge < -0.3 is 9.84 Å². The van der Waals surface area contributed by atoms with Crippen LogP contribution < -0.4 is 4.74 Å². The lowest BCUT2D eigenvalue weighted by molar-refractivity contribution is 0.0697. The number of carbonyl (C=O) groups is 1. The van der Waals surface area contributed by atoms with E-state index >= 15 is 0 Å². The first kappa shape index (κ1) is 21.0. The average Bonchev–Trinajstić information content (AvgIpc) is 2.62. The summed E-state index contributed by atoms with van der Waals surface area (Å²) in [5.41, 5.74) is 4.44. The number of aryl methyl sites for hydroxylation is 1. The van der Waals surface area contributed by atoms with Crippen molar-refractivity contribution in [2.45, 2.75) is 72.1 Å². The van der Waals surface area contributed by atoms with E-state index in [0.29, 0.717) is 5.75 Å². The summed E-state index contributed by atoms with van der Waals surface area (Å²) in [7, 11) is 0. The number of fused-ring (bicyclic) bond motifs is 1. The lowest BCUT2D eigenvalue weighted by Crippen LogP contribution is -2.33. The number of carboxylic acids is 1. The van der Waals surface area contributed by atoms with Crippen LogP contribution in [0.1, 0.15) is 81.4 Å². The summed E-state index contributed by atoms with van der Waals surface area (Å²) in [4.78, 5) is 11.0. The van der Waals surface area contributed by atoms with E-state index in [4.69, 9.17) is 9.84 Å². The quantitative estimate of drug-likeness (QED) is 0.643. The SMILES string of the molecule is CC.Cc1cc2c(cc1Oc1ccc(C(=O)O)cc1)C(C)(C)CCC2(C)C. The molecular formula is C24H32O3. The fourth-order valence-electron chi connectivity index (χ4n) is 3.60. The molecule has 1 N–H and O–H groups in total. The number of aromatic carboxylic acids is 1. The predicted molar refractivity (Wildman–Crippen MR) is 111 cm³/mol. The van der Waals surface area contributed by atoms with Crippen molar-refractivity contribution in [3.8, 4) is 11.5 Å². The number of hydrogen-bond donors (Lipinski definition) is 1. The zero-order valence-electron chi connectivity index (χ0n) is 17.6. The van der Waals surface area contributed by atoms with Gasteiger partial charge in [0.05, 0.1) is 5.56 Å². The summed E-state index contributed by atoms with van der Waals surface area (Å²) >= 11 is 0. The Morgan fingerprint density at radius 1 is 0.926 bits per heavy atom. The molecule has 146 valence electrons. The number of benzene rings is 2. The molecule has 0 fully saturated rings. The topological polar surface area (TPSA) is 46.5 Å². The zero-order valence-corrected chi connectivity index (χ0v) is 17.6. The van der Waals surface area contributed by atoms with Gasteiger partial charge >= 0.3 is 5.97 Å². The third kappa shape index (κ3) is 4.35. The third-order valence-corrected chi connectivity index (χ3v) is 5.48. The van der Waals surface area contributed by atoms with Gasteiger partial charge in [-0.25, -0.2) is 4.79 Å². The van der Waals surface area contributed by atoms with Crippen molar-refractivity contribution in [2.75, 3.05) is 0 Å². The van der Waals surface area contributed by atoms with Crippen LogP contribution in [0.25, 0.3) is 0 Å². The van der Waals surface area contributed by atoms with E-state index in [1.54, 1.807) is 24.3 Å². The van der Waals surface area contributed by atoms with E-state index in [9.17, 15) is 4.79 Å². The van der Waals surface area contributed by atoms with Gasteiger partial charge in [0.25, 0.3) is 0 Å². The molecule has 1 aliphatic carbocycles. The van der Waals surface area contributed by atoms with Crippen LogP contribution in [0, 0.1) is 6.92 Å². The van der Waals surface area contributed by atoms with Gasteiger partial charge in [0.1, 0.15) is 11.5 Å². The summed E-state index contributed by atoms with van der Waals surface area (Å²) in [5.74, 6) is 0.564. The minimum atomic E-state index is -0.930. The van der Waals surface area contributed by atoms with Crippen LogP contribution in [0.4, 0.5) is 0 Å². The van der Waals surface area contributed by atoms with Crippen LogP contribution in [-0.4, -0.2) is 11.1 Å². The van der Waals surface area contributed by atoms with Crippen molar-refractivity contribution in [3.05, 3.63) is 58.7 Å². The van der Waals surface area contributed by atoms with E-state index < -0.39 is 5.97 Å². The molecule has 0 bridgehead atoms. The Labute approximate surface area is 163 Å². The molecule has 2 aromatic carbocycles. The molecule has 0 atom stereocenters. The van der Waals surface area contributed by atoms with E-state index in [-0.39, 0.29) is 16.4 Å². The van der Waals surface area contributed by atoms with Gasteiger partial charge in [-0.05, 0) is 77.6 Å². The standard InChI is InChI=1S/C22H26O3.C2H6/c1-14-12-17-18(22(4,5)11-10-21(17,2)3)13-19(14)25-16-8-6-15(7-9-16)20(23)24;1-2/h6-9,12-13H,10-11H2,1-5H3,(H,23,24);1-2H3. The minimum Gasteiger partial charge on any atom is -0.478 e. The van der Waals surface area contributed by atoms with Gasteiger partial charge in [-0.3, -0.25) is 0 Å². The molecule has 0 unspecified atom stereocenters. The van der Waals surface area contributed by atoms with Crippen LogP contribution in [-0.2, 0) is 10.8 Å². The van der Waals surface area contributed by atoms with Crippen molar-refractivity contribution in [1.82, 2.24) is 0 Å². The van der Waals surface area contributed by atoms with Crippen molar-refractivity contribution >= 4 is 5.97 Å². The van der Waals surface area contributed by atoms with E-state index in [2.05, 4.69) is 46.8 Å². The first-order valence-corrected chi connectivity index (χ1v) is 9.77. The van der Waals surface area contributed by atoms with Crippen molar-refractivity contribution < 1.29 is 14.6 Å². The largest absolute Gasteiger partial charge is 0.478 e. The fraction of sp³-hybridized carbons (Fsp3) is 0.458. The molecule has 0 radical (unpaired) electrons. The molecule has 3 heteroatoms. The summed E-state index contributed by atoms with van der Waals surface area (Å²) in [6.07, 6.45) is 2.34. The Kier molecular flexibility index (Phi) is 6.04. The highest BCUT2D eigenvalue weighted by Gasteiger charge is 2.37. The highest BCUT2D eigenvalue weighted by atomic mass is 16.5. The zero-order chi connectivity index (χ0) is 20.4. The Morgan fingerprint density at radius 3 is 1.89 bits per heavy atom. The second-order valence-electron chi connectivity index (χ2n) is 8.36. The second kappa shape index (κ2) is 7.75. The van der Waals surface area contributed by atoms with Crippen LogP contribution in [0.2, 0.25) is 0 Å². The summed E-state index contributed by atoms with van der Waals surface area (Å²) in [5, 5.41) is 9.01. The number of ether oxygens (including phenoxy) is 1. The fourth-order valence-corrected chi connectivity index (χ4v) is 3.60. The average molecular weight is 369 g/mol. The van der Waals surface area contributed by atoms with Crippen molar-refractivity contribution in [1.29, 1.82) is 0 Å². The Bertz CT molecular complexity index is 814. The molecule has 0 saturated carbocycles. The maximum absolute atomic E-state index is 11.0. The van der Waals surface area contributed by atoms with Crippen LogP contribution in [0.5, 0.6) is 11.5 Å². The third-order valence-electron chi connectivity index (χ3n) is 5.48. The van der Waals surface area contributed by atoms with Gasteiger partial charge in [0.15, 0.2) is 0 Å². The van der Waals surface area contributed by atoms with E-state index in [0.717, 1.165) is 17.7 Å². The number of rotatable bonds is 3. The summed E-state index contributed by atoms with van der Waals surface area (Å²) in [6.45, 7) is 15.3. The van der Waals surface area contributed by atoms with Crippen LogP contribution >= 0.6 is 0 Å². The highest BCUT2D eigenvalue weighted by Crippen LogP contribution is 2.47. The molecule has 3 nitrogen and oxygen atoms in total. The second-order valence-corrected chi connectivity index (χ2v) is 8.36. The molecule has 0 amide bonds. The van der Waals surface area contributed by atoms with Crippen LogP contribution in [0.3, 0.4) is 0 Å². The van der Waals surface area contributed by atoms with Gasteiger partial charge in [0.2, 0.25) is 0 Å². The maximum Gasteiger partial charge on any atom is 0.335 e. The van der Waals surface area contributed by atoms with Crippen LogP contribution in [0.15, 0.2) is 36.4 Å². The monoisotopic (exact) mass is 368 g/mol. The molecule has 0 saturated heterocycles. The smallest absolute Gasteiger partial charge is 0.335 e. The molecular weight excluding hydrogens is 336 g/mol. The highest BCUT2D eigenvalue weighted by molar-refractivity contribution is 5.87. The van der Waals surface area contributed by atoms with Crippen molar-refractivity contribution in [3.63, 3.8) is 0 Å². The van der Waals surface area contributed by atoms with E-state index in [1.807, 2.05) is 13.8 Å². The molecule has 27 heavy (non-hydrogen) atoms. The molecule has 0 aliphatic heterocycles. The molecule has 0 heterocycles. The van der Waals surface area contributed by atoms with Crippen molar-refractivity contribution in [2.24, 2.45) is 0 Å². The number of hydrogen-bond acceptors (Lipinski definition) is 2.